The van der Waals surface area contributed by atoms with E-state index in [0.717, 1.165) is 23.3 Å². The van der Waals surface area contributed by atoms with Gasteiger partial charge in [-0.3, -0.25) is 4.79 Å². The summed E-state index contributed by atoms with van der Waals surface area (Å²) in [5, 5.41) is 8.94. The molecule has 0 aromatic heterocycles. The largest absolute Gasteiger partial charge is 0.493 e. The molecule has 0 saturated heterocycles. The number of carbonyl (C=O) groups excluding carboxylic acids is 1. The molecule has 2 aromatic rings. The molecule has 2 aromatic carbocycles. The van der Waals surface area contributed by atoms with Crippen molar-refractivity contribution >= 4 is 41.4 Å². The van der Waals surface area contributed by atoms with E-state index >= 15 is 0 Å². The van der Waals surface area contributed by atoms with Gasteiger partial charge in [0.1, 0.15) is 5.75 Å². The van der Waals surface area contributed by atoms with E-state index < -0.39 is 5.97 Å². The lowest BCUT2D eigenvalue weighted by Gasteiger charge is -2.36. The van der Waals surface area contributed by atoms with Crippen molar-refractivity contribution in [1.82, 2.24) is 0 Å². The zero-order valence-corrected chi connectivity index (χ0v) is 16.7. The number of allylic oxidation sites excluding steroid dienone is 1. The summed E-state index contributed by atoms with van der Waals surface area (Å²) in [4.78, 5) is 23.5. The van der Waals surface area contributed by atoms with Gasteiger partial charge in [0.15, 0.2) is 5.78 Å². The van der Waals surface area contributed by atoms with E-state index in [0.29, 0.717) is 12.2 Å². The average Bonchev–Trinajstić information content (AvgIpc) is 2.71. The molecule has 1 aliphatic rings. The molecular formula is C21H20O4S2. The molecule has 0 saturated carbocycles. The van der Waals surface area contributed by atoms with Gasteiger partial charge < -0.3 is 9.84 Å². The minimum absolute atomic E-state index is 0.0956. The molecule has 1 aliphatic heterocycles. The van der Waals surface area contributed by atoms with E-state index in [1.807, 2.05) is 12.1 Å². The van der Waals surface area contributed by atoms with Crippen molar-refractivity contribution in [2.75, 3.05) is 19.1 Å². The number of carbonyl (C=O) groups is 2. The predicted octanol–water partition coefficient (Wildman–Crippen LogP) is 4.94. The molecule has 0 spiro atoms. The molecule has 4 nitrogen and oxygen atoms in total. The highest BCUT2D eigenvalue weighted by atomic mass is 32.2. The molecule has 27 heavy (non-hydrogen) atoms. The van der Waals surface area contributed by atoms with Crippen molar-refractivity contribution in [1.29, 1.82) is 0 Å². The molecule has 3 rings (SSSR count). The molecule has 1 heterocycles. The minimum atomic E-state index is -0.969. The average molecular weight is 401 g/mol. The number of carboxylic acid groups (broad SMARTS) is 1. The molecule has 0 amide bonds. The van der Waals surface area contributed by atoms with Crippen molar-refractivity contribution in [3.05, 3.63) is 70.8 Å². The molecule has 140 valence electrons. The van der Waals surface area contributed by atoms with Crippen molar-refractivity contribution < 1.29 is 19.4 Å². The normalized spacial score (nSPS) is 15.2. The lowest BCUT2D eigenvalue weighted by Crippen LogP contribution is -2.26. The van der Waals surface area contributed by atoms with Crippen LogP contribution in [0.4, 0.5) is 0 Å². The Morgan fingerprint density at radius 1 is 1.07 bits per heavy atom. The molecule has 0 atom stereocenters. The van der Waals surface area contributed by atoms with Crippen molar-refractivity contribution in [3.8, 4) is 5.75 Å². The number of thioether (sulfide) groups is 2. The molecule has 1 N–H and O–H groups in total. The summed E-state index contributed by atoms with van der Waals surface area (Å²) in [5.74, 6) is -0.222. The van der Waals surface area contributed by atoms with Crippen LogP contribution in [0.25, 0.3) is 6.08 Å². The third kappa shape index (κ3) is 4.06. The summed E-state index contributed by atoms with van der Waals surface area (Å²) >= 11 is 3.55. The van der Waals surface area contributed by atoms with Gasteiger partial charge in [0.05, 0.1) is 16.2 Å². The van der Waals surface area contributed by atoms with Gasteiger partial charge in [-0.1, -0.05) is 18.2 Å². The van der Waals surface area contributed by atoms with E-state index in [-0.39, 0.29) is 15.4 Å². The Morgan fingerprint density at radius 2 is 1.74 bits per heavy atom. The topological polar surface area (TPSA) is 63.6 Å². The fourth-order valence-corrected chi connectivity index (χ4v) is 5.05. The van der Waals surface area contributed by atoms with Crippen molar-refractivity contribution in [2.24, 2.45) is 0 Å². The van der Waals surface area contributed by atoms with Crippen LogP contribution in [0.3, 0.4) is 0 Å². The lowest BCUT2D eigenvalue weighted by atomic mass is 9.99. The summed E-state index contributed by atoms with van der Waals surface area (Å²) in [7, 11) is 0. The Hall–Kier alpha value is -2.18. The third-order valence-electron chi connectivity index (χ3n) is 4.61. The van der Waals surface area contributed by atoms with Crippen LogP contribution in [0.1, 0.15) is 38.3 Å². The summed E-state index contributed by atoms with van der Waals surface area (Å²) in [6.45, 7) is 0.675. The van der Waals surface area contributed by atoms with E-state index in [4.69, 9.17) is 9.84 Å². The van der Waals surface area contributed by atoms with Crippen LogP contribution in [-0.2, 0) is 4.08 Å². The number of ketones is 1. The second-order valence-electron chi connectivity index (χ2n) is 6.10. The number of hydrogen-bond donors (Lipinski definition) is 1. The van der Waals surface area contributed by atoms with E-state index in [1.165, 1.54) is 18.2 Å². The Bertz CT molecular complexity index is 884. The first kappa shape index (κ1) is 19.6. The van der Waals surface area contributed by atoms with Gasteiger partial charge >= 0.3 is 5.97 Å². The number of aromatic carboxylic acids is 1. The zero-order valence-electron chi connectivity index (χ0n) is 15.1. The summed E-state index contributed by atoms with van der Waals surface area (Å²) < 4.78 is 5.68. The Labute approximate surface area is 167 Å². The van der Waals surface area contributed by atoms with Gasteiger partial charge in [-0.25, -0.2) is 4.79 Å². The maximum Gasteiger partial charge on any atom is 0.335 e. The maximum atomic E-state index is 12.6. The Kier molecular flexibility index (Phi) is 5.97. The highest BCUT2D eigenvalue weighted by Crippen LogP contribution is 2.52. The maximum absolute atomic E-state index is 12.6. The SMILES string of the molecule is CSC1(SC)CCOc2ccc(C(=O)C=Cc3ccc(C(=O)O)cc3)cc21. The number of rotatable bonds is 6. The number of benzene rings is 2. The first-order chi connectivity index (χ1) is 13.0. The fraction of sp³-hybridized carbons (Fsp3) is 0.238. The molecule has 0 unspecified atom stereocenters. The van der Waals surface area contributed by atoms with Crippen LogP contribution in [0.15, 0.2) is 48.5 Å². The second kappa shape index (κ2) is 8.23. The summed E-state index contributed by atoms with van der Waals surface area (Å²) in [6, 6.07) is 12.0. The predicted molar refractivity (Wildman–Crippen MR) is 112 cm³/mol. The number of hydrogen-bond acceptors (Lipinski definition) is 5. The molecule has 0 aliphatic carbocycles. The molecule has 0 fully saturated rings. The first-order valence-corrected chi connectivity index (χ1v) is 10.9. The first-order valence-electron chi connectivity index (χ1n) is 8.42. The number of carboxylic acids is 1. The smallest absolute Gasteiger partial charge is 0.335 e. The molecular weight excluding hydrogens is 380 g/mol. The summed E-state index contributed by atoms with van der Waals surface area (Å²) in [5.41, 5.74) is 2.67. The molecule has 6 heteroatoms. The van der Waals surface area contributed by atoms with Crippen LogP contribution in [0, 0.1) is 0 Å². The van der Waals surface area contributed by atoms with E-state index in [1.54, 1.807) is 47.8 Å². The molecule has 0 radical (unpaired) electrons. The van der Waals surface area contributed by atoms with Gasteiger partial charge in [-0.2, -0.15) is 0 Å². The Balaban J connectivity index is 1.84. The second-order valence-corrected chi connectivity index (χ2v) is 8.56. The lowest BCUT2D eigenvalue weighted by molar-refractivity contribution is 0.0696. The van der Waals surface area contributed by atoms with Crippen molar-refractivity contribution in [2.45, 2.75) is 10.5 Å². The van der Waals surface area contributed by atoms with Gasteiger partial charge in [-0.15, -0.1) is 23.5 Å². The standard InChI is InChI=1S/C21H20O4S2/c1-26-21(27-2)11-12-25-19-10-8-16(13-17(19)21)18(22)9-5-14-3-6-15(7-4-14)20(23)24/h3-10,13H,11-12H2,1-2H3,(H,23,24). The van der Waals surface area contributed by atoms with Gasteiger partial charge in [0.2, 0.25) is 0 Å². The van der Waals surface area contributed by atoms with Crippen molar-refractivity contribution in [3.63, 3.8) is 0 Å². The Morgan fingerprint density at radius 3 is 2.37 bits per heavy atom. The van der Waals surface area contributed by atoms with Gasteiger partial charge in [0, 0.05) is 17.5 Å². The van der Waals surface area contributed by atoms with Crippen LogP contribution in [0.2, 0.25) is 0 Å². The highest BCUT2D eigenvalue weighted by Gasteiger charge is 2.36. The van der Waals surface area contributed by atoms with Crippen LogP contribution >= 0.6 is 23.5 Å². The van der Waals surface area contributed by atoms with Gasteiger partial charge in [0.25, 0.3) is 0 Å². The monoisotopic (exact) mass is 400 g/mol. The van der Waals surface area contributed by atoms with E-state index in [2.05, 4.69) is 12.5 Å². The number of ether oxygens (including phenoxy) is 1. The van der Waals surface area contributed by atoms with E-state index in [9.17, 15) is 9.59 Å². The minimum Gasteiger partial charge on any atom is -0.493 e. The highest BCUT2D eigenvalue weighted by molar-refractivity contribution is 8.16. The number of fused-ring (bicyclic) bond motifs is 1. The quantitative estimate of drug-likeness (QED) is 0.421. The van der Waals surface area contributed by atoms with Crippen LogP contribution < -0.4 is 4.74 Å². The third-order valence-corrected chi connectivity index (χ3v) is 7.77. The molecule has 0 bridgehead atoms. The van der Waals surface area contributed by atoms with Crippen LogP contribution in [-0.4, -0.2) is 36.0 Å². The van der Waals surface area contributed by atoms with Crippen LogP contribution in [0.5, 0.6) is 5.75 Å². The summed E-state index contributed by atoms with van der Waals surface area (Å²) in [6.07, 6.45) is 8.27. The fourth-order valence-electron chi connectivity index (χ4n) is 3.05. The zero-order chi connectivity index (χ0) is 19.4. The van der Waals surface area contributed by atoms with Gasteiger partial charge in [-0.05, 0) is 54.5 Å².